The minimum absolute atomic E-state index is 0.182. The average molecular weight is 407 g/mol. The maximum atomic E-state index is 14.5. The molecule has 154 valence electrons. The molecule has 1 amide bonds. The molecule has 1 aromatic heterocycles. The number of fused-ring (bicyclic) bond motifs is 5. The molecule has 6 heteroatoms. The van der Waals surface area contributed by atoms with E-state index in [1.54, 1.807) is 0 Å². The highest BCUT2D eigenvalue weighted by Gasteiger charge is 2.44. The van der Waals surface area contributed by atoms with E-state index < -0.39 is 17.2 Å². The Morgan fingerprint density at radius 1 is 1.10 bits per heavy atom. The van der Waals surface area contributed by atoms with Crippen molar-refractivity contribution in [3.05, 3.63) is 82.7 Å². The van der Waals surface area contributed by atoms with Crippen LogP contribution in [0.1, 0.15) is 72.3 Å². The second kappa shape index (κ2) is 6.76. The molecule has 1 heterocycles. The Bertz CT molecular complexity index is 1140. The topological polar surface area (TPSA) is 46.9 Å². The summed E-state index contributed by atoms with van der Waals surface area (Å²) in [5, 5.41) is 7.65. The lowest BCUT2D eigenvalue weighted by Crippen LogP contribution is -2.41. The SMILES string of the molecule is CC(C)(NC(=O)c1nn(-c2ccc(F)cc2F)c2c1C1CCC2C1)c1ccccc1. The molecule has 4 nitrogen and oxygen atoms in total. The molecule has 0 aliphatic heterocycles. The quantitative estimate of drug-likeness (QED) is 0.648. The molecular formula is C24H23F2N3O. The molecule has 3 aromatic rings. The minimum Gasteiger partial charge on any atom is -0.342 e. The summed E-state index contributed by atoms with van der Waals surface area (Å²) >= 11 is 0. The Labute approximate surface area is 173 Å². The number of carbonyl (C=O) groups is 1. The lowest BCUT2D eigenvalue weighted by molar-refractivity contribution is 0.0905. The van der Waals surface area contributed by atoms with Crippen molar-refractivity contribution in [1.29, 1.82) is 0 Å². The lowest BCUT2D eigenvalue weighted by Gasteiger charge is -2.27. The number of nitrogens with one attached hydrogen (secondary N) is 1. The van der Waals surface area contributed by atoms with Crippen LogP contribution < -0.4 is 5.32 Å². The number of nitrogens with zero attached hydrogens (tertiary/aromatic N) is 2. The molecule has 2 bridgehead atoms. The molecule has 1 N–H and O–H groups in total. The Hall–Kier alpha value is -3.02. The first kappa shape index (κ1) is 19.0. The van der Waals surface area contributed by atoms with Crippen molar-refractivity contribution >= 4 is 5.91 Å². The van der Waals surface area contributed by atoms with E-state index in [1.165, 1.54) is 16.8 Å². The van der Waals surface area contributed by atoms with Crippen LogP contribution in [0.5, 0.6) is 0 Å². The van der Waals surface area contributed by atoms with Gasteiger partial charge in [0.1, 0.15) is 11.5 Å². The molecular weight excluding hydrogens is 384 g/mol. The molecule has 5 rings (SSSR count). The molecule has 30 heavy (non-hydrogen) atoms. The molecule has 2 aromatic carbocycles. The number of carbonyl (C=O) groups excluding carboxylic acids is 1. The first-order chi connectivity index (χ1) is 14.3. The number of aromatic nitrogens is 2. The van der Waals surface area contributed by atoms with Crippen molar-refractivity contribution in [2.24, 2.45) is 0 Å². The van der Waals surface area contributed by atoms with Gasteiger partial charge < -0.3 is 5.32 Å². The Balaban J connectivity index is 1.57. The molecule has 0 saturated heterocycles. The highest BCUT2D eigenvalue weighted by atomic mass is 19.1. The number of halogens is 2. The summed E-state index contributed by atoms with van der Waals surface area (Å²) in [5.41, 5.74) is 2.76. The number of rotatable bonds is 4. The smallest absolute Gasteiger partial charge is 0.272 e. The summed E-state index contributed by atoms with van der Waals surface area (Å²) in [7, 11) is 0. The van der Waals surface area contributed by atoms with Crippen LogP contribution in [-0.2, 0) is 5.54 Å². The van der Waals surface area contributed by atoms with Gasteiger partial charge in [0, 0.05) is 17.5 Å². The van der Waals surface area contributed by atoms with Crippen LogP contribution in [0.4, 0.5) is 8.78 Å². The number of amides is 1. The third-order valence-corrected chi connectivity index (χ3v) is 6.46. The largest absolute Gasteiger partial charge is 0.342 e. The second-order valence-corrected chi connectivity index (χ2v) is 8.81. The van der Waals surface area contributed by atoms with Crippen molar-refractivity contribution in [2.75, 3.05) is 0 Å². The van der Waals surface area contributed by atoms with Gasteiger partial charge in [-0.05, 0) is 56.7 Å². The standard InChI is InChI=1S/C24H23F2N3O/c1-24(2,16-6-4-3-5-7-16)27-23(30)21-20-14-8-9-15(12-14)22(20)29(28-21)19-11-10-17(25)13-18(19)26/h3-7,10-11,13-15H,8-9,12H2,1-2H3,(H,27,30). The zero-order chi connectivity index (χ0) is 21.0. The molecule has 0 spiro atoms. The molecule has 1 saturated carbocycles. The molecule has 2 unspecified atom stereocenters. The van der Waals surface area contributed by atoms with Crippen molar-refractivity contribution in [3.8, 4) is 5.69 Å². The monoisotopic (exact) mass is 407 g/mol. The van der Waals surface area contributed by atoms with Crippen LogP contribution >= 0.6 is 0 Å². The van der Waals surface area contributed by atoms with E-state index >= 15 is 0 Å². The second-order valence-electron chi connectivity index (χ2n) is 8.81. The highest BCUT2D eigenvalue weighted by Crippen LogP contribution is 2.54. The zero-order valence-electron chi connectivity index (χ0n) is 17.0. The maximum Gasteiger partial charge on any atom is 0.272 e. The number of hydrogen-bond acceptors (Lipinski definition) is 2. The van der Waals surface area contributed by atoms with E-state index in [0.29, 0.717) is 5.69 Å². The summed E-state index contributed by atoms with van der Waals surface area (Å²) in [6, 6.07) is 13.2. The summed E-state index contributed by atoms with van der Waals surface area (Å²) in [6.45, 7) is 3.90. The fourth-order valence-corrected chi connectivity index (χ4v) is 5.00. The van der Waals surface area contributed by atoms with Crippen LogP contribution in [-0.4, -0.2) is 15.7 Å². The van der Waals surface area contributed by atoms with Gasteiger partial charge in [-0.2, -0.15) is 5.10 Å². The van der Waals surface area contributed by atoms with Gasteiger partial charge in [-0.15, -0.1) is 0 Å². The minimum atomic E-state index is -0.681. The van der Waals surface area contributed by atoms with Gasteiger partial charge in [-0.25, -0.2) is 13.5 Å². The Morgan fingerprint density at radius 3 is 2.57 bits per heavy atom. The normalized spacial score (nSPS) is 19.7. The van der Waals surface area contributed by atoms with Gasteiger partial charge in [0.05, 0.1) is 11.2 Å². The summed E-state index contributed by atoms with van der Waals surface area (Å²) in [4.78, 5) is 13.3. The predicted molar refractivity (Wildman–Crippen MR) is 110 cm³/mol. The summed E-state index contributed by atoms with van der Waals surface area (Å²) < 4.78 is 29.5. The van der Waals surface area contributed by atoms with Crippen LogP contribution in [0.2, 0.25) is 0 Å². The summed E-state index contributed by atoms with van der Waals surface area (Å²) in [6.07, 6.45) is 2.97. The summed E-state index contributed by atoms with van der Waals surface area (Å²) in [5.74, 6) is -1.06. The van der Waals surface area contributed by atoms with Crippen LogP contribution in [0.25, 0.3) is 5.69 Å². The van der Waals surface area contributed by atoms with Gasteiger partial charge in [-0.3, -0.25) is 4.79 Å². The van der Waals surface area contributed by atoms with E-state index in [1.807, 2.05) is 44.2 Å². The van der Waals surface area contributed by atoms with Crippen LogP contribution in [0, 0.1) is 11.6 Å². The van der Waals surface area contributed by atoms with Crippen LogP contribution in [0.3, 0.4) is 0 Å². The van der Waals surface area contributed by atoms with Crippen molar-refractivity contribution in [1.82, 2.24) is 15.1 Å². The predicted octanol–water partition coefficient (Wildman–Crippen LogP) is 5.18. The van der Waals surface area contributed by atoms with E-state index in [4.69, 9.17) is 0 Å². The Morgan fingerprint density at radius 2 is 1.83 bits per heavy atom. The van der Waals surface area contributed by atoms with E-state index in [9.17, 15) is 13.6 Å². The van der Waals surface area contributed by atoms with Crippen LogP contribution in [0.15, 0.2) is 48.5 Å². The Kier molecular flexibility index (Phi) is 4.27. The van der Waals surface area contributed by atoms with Crippen molar-refractivity contribution in [3.63, 3.8) is 0 Å². The number of hydrogen-bond donors (Lipinski definition) is 1. The lowest BCUT2D eigenvalue weighted by atomic mass is 9.92. The molecule has 2 aliphatic carbocycles. The zero-order valence-corrected chi connectivity index (χ0v) is 17.0. The molecule has 0 radical (unpaired) electrons. The highest BCUT2D eigenvalue weighted by molar-refractivity contribution is 5.95. The third-order valence-electron chi connectivity index (χ3n) is 6.46. The van der Waals surface area contributed by atoms with Gasteiger partial charge >= 0.3 is 0 Å². The number of benzene rings is 2. The van der Waals surface area contributed by atoms with Crippen molar-refractivity contribution < 1.29 is 13.6 Å². The van der Waals surface area contributed by atoms with Gasteiger partial charge in [-0.1, -0.05) is 30.3 Å². The van der Waals surface area contributed by atoms with E-state index in [0.717, 1.165) is 42.1 Å². The molecule has 2 aliphatic rings. The first-order valence-corrected chi connectivity index (χ1v) is 10.3. The fraction of sp³-hybridized carbons (Fsp3) is 0.333. The van der Waals surface area contributed by atoms with Gasteiger partial charge in [0.15, 0.2) is 11.5 Å². The van der Waals surface area contributed by atoms with E-state index in [2.05, 4.69) is 10.4 Å². The van der Waals surface area contributed by atoms with Crippen molar-refractivity contribution in [2.45, 2.75) is 50.5 Å². The van der Waals surface area contributed by atoms with Gasteiger partial charge in [0.25, 0.3) is 5.91 Å². The third kappa shape index (κ3) is 2.93. The maximum absolute atomic E-state index is 14.5. The fourth-order valence-electron chi connectivity index (χ4n) is 5.00. The van der Waals surface area contributed by atoms with E-state index in [-0.39, 0.29) is 23.4 Å². The molecule has 1 fully saturated rings. The molecule has 2 atom stereocenters. The first-order valence-electron chi connectivity index (χ1n) is 10.3. The average Bonchev–Trinajstić information content (AvgIpc) is 3.41. The van der Waals surface area contributed by atoms with Gasteiger partial charge in [0.2, 0.25) is 0 Å².